The minimum Gasteiger partial charge on any atom is -0.255 e. The Bertz CT molecular complexity index is 719. The molecule has 3 heteroatoms. The Kier molecular flexibility index (Phi) is 3.25. The molecule has 0 bridgehead atoms. The first kappa shape index (κ1) is 12.5. The molecule has 3 aromatic heterocycles. The number of hydrogen-bond donors (Lipinski definition) is 0. The molecule has 3 aromatic rings. The van der Waals surface area contributed by atoms with Gasteiger partial charge in [0.1, 0.15) is 0 Å². The molecule has 0 amide bonds. The first-order chi connectivity index (χ1) is 9.74. The van der Waals surface area contributed by atoms with Crippen molar-refractivity contribution in [1.82, 2.24) is 15.0 Å². The lowest BCUT2D eigenvalue weighted by Gasteiger charge is -2.07. The molecule has 3 nitrogen and oxygen atoms in total. The molecule has 0 aromatic carbocycles. The summed E-state index contributed by atoms with van der Waals surface area (Å²) < 4.78 is 0. The fourth-order valence-electron chi connectivity index (χ4n) is 2.05. The zero-order chi connectivity index (χ0) is 13.9. The van der Waals surface area contributed by atoms with Crippen LogP contribution in [0.4, 0.5) is 0 Å². The van der Waals surface area contributed by atoms with E-state index >= 15 is 0 Å². The highest BCUT2D eigenvalue weighted by Gasteiger charge is 2.08. The van der Waals surface area contributed by atoms with Crippen LogP contribution < -0.4 is 0 Å². The molecule has 0 spiro atoms. The van der Waals surface area contributed by atoms with Gasteiger partial charge in [-0.15, -0.1) is 0 Å². The molecule has 3 rings (SSSR count). The molecule has 3 heterocycles. The number of hydrogen-bond acceptors (Lipinski definition) is 3. The van der Waals surface area contributed by atoms with Crippen LogP contribution in [0.3, 0.4) is 0 Å². The van der Waals surface area contributed by atoms with Crippen LogP contribution in [0.25, 0.3) is 22.8 Å². The molecule has 0 aliphatic heterocycles. The van der Waals surface area contributed by atoms with E-state index < -0.39 is 0 Å². The fraction of sp³-hybridized carbons (Fsp3) is 0.118. The summed E-state index contributed by atoms with van der Waals surface area (Å²) >= 11 is 0. The first-order valence-electron chi connectivity index (χ1n) is 6.56. The SMILES string of the molecule is Cc1ccc(-c2ccc(C)c(-c3ccccn3)n2)nc1. The maximum Gasteiger partial charge on any atom is 0.0923 e. The molecule has 0 saturated carbocycles. The van der Waals surface area contributed by atoms with Gasteiger partial charge >= 0.3 is 0 Å². The molecule has 0 aliphatic rings. The third-order valence-corrected chi connectivity index (χ3v) is 3.18. The average Bonchev–Trinajstić information content (AvgIpc) is 2.50. The second-order valence-electron chi connectivity index (χ2n) is 4.80. The average molecular weight is 261 g/mol. The number of nitrogens with zero attached hydrogens (tertiary/aromatic N) is 3. The number of pyridine rings is 3. The molecule has 0 radical (unpaired) electrons. The lowest BCUT2D eigenvalue weighted by atomic mass is 10.1. The van der Waals surface area contributed by atoms with Crippen LogP contribution in [-0.4, -0.2) is 15.0 Å². The minimum atomic E-state index is 0.872. The van der Waals surface area contributed by atoms with Crippen LogP contribution in [0, 0.1) is 13.8 Å². The van der Waals surface area contributed by atoms with Crippen molar-refractivity contribution in [1.29, 1.82) is 0 Å². The summed E-state index contributed by atoms with van der Waals surface area (Å²) in [5.41, 5.74) is 5.80. The summed E-state index contributed by atoms with van der Waals surface area (Å²) in [4.78, 5) is 13.5. The summed E-state index contributed by atoms with van der Waals surface area (Å²) in [6, 6.07) is 14.0. The van der Waals surface area contributed by atoms with Gasteiger partial charge in [-0.2, -0.15) is 0 Å². The lowest BCUT2D eigenvalue weighted by molar-refractivity contribution is 1.18. The Hall–Kier alpha value is -2.55. The van der Waals surface area contributed by atoms with Crippen LogP contribution in [0.2, 0.25) is 0 Å². The first-order valence-corrected chi connectivity index (χ1v) is 6.56. The Morgan fingerprint density at radius 3 is 2.30 bits per heavy atom. The molecule has 0 atom stereocenters. The topological polar surface area (TPSA) is 38.7 Å². The van der Waals surface area contributed by atoms with E-state index in [4.69, 9.17) is 4.98 Å². The predicted octanol–water partition coefficient (Wildman–Crippen LogP) is 3.82. The van der Waals surface area contributed by atoms with E-state index in [1.54, 1.807) is 6.20 Å². The van der Waals surface area contributed by atoms with E-state index in [2.05, 4.69) is 16.0 Å². The second kappa shape index (κ2) is 5.21. The van der Waals surface area contributed by atoms with Gasteiger partial charge in [0.25, 0.3) is 0 Å². The summed E-state index contributed by atoms with van der Waals surface area (Å²) in [6.07, 6.45) is 3.64. The van der Waals surface area contributed by atoms with Gasteiger partial charge in [0.2, 0.25) is 0 Å². The third kappa shape index (κ3) is 2.43. The van der Waals surface area contributed by atoms with Crippen molar-refractivity contribution in [2.24, 2.45) is 0 Å². The summed E-state index contributed by atoms with van der Waals surface area (Å²) in [6.45, 7) is 4.07. The van der Waals surface area contributed by atoms with Gasteiger partial charge in [0.15, 0.2) is 0 Å². The van der Waals surface area contributed by atoms with Crippen molar-refractivity contribution in [3.05, 3.63) is 66.0 Å². The lowest BCUT2D eigenvalue weighted by Crippen LogP contribution is -1.94. The van der Waals surface area contributed by atoms with Gasteiger partial charge in [-0.1, -0.05) is 18.2 Å². The Morgan fingerprint density at radius 1 is 0.750 bits per heavy atom. The molecular weight excluding hydrogens is 246 g/mol. The van der Waals surface area contributed by atoms with E-state index in [0.717, 1.165) is 33.9 Å². The zero-order valence-electron chi connectivity index (χ0n) is 11.5. The largest absolute Gasteiger partial charge is 0.255 e. The quantitative estimate of drug-likeness (QED) is 0.704. The molecule has 0 unspecified atom stereocenters. The van der Waals surface area contributed by atoms with Crippen molar-refractivity contribution in [3.63, 3.8) is 0 Å². The number of aromatic nitrogens is 3. The van der Waals surface area contributed by atoms with Crippen LogP contribution in [0.5, 0.6) is 0 Å². The van der Waals surface area contributed by atoms with E-state index in [1.807, 2.05) is 56.4 Å². The van der Waals surface area contributed by atoms with Gasteiger partial charge in [-0.05, 0) is 49.2 Å². The maximum absolute atomic E-state index is 4.72. The third-order valence-electron chi connectivity index (χ3n) is 3.18. The van der Waals surface area contributed by atoms with Crippen LogP contribution in [0.15, 0.2) is 54.9 Å². The monoisotopic (exact) mass is 261 g/mol. The van der Waals surface area contributed by atoms with Crippen molar-refractivity contribution in [3.8, 4) is 22.8 Å². The van der Waals surface area contributed by atoms with Crippen LogP contribution in [-0.2, 0) is 0 Å². The van der Waals surface area contributed by atoms with Gasteiger partial charge in [-0.3, -0.25) is 9.97 Å². The van der Waals surface area contributed by atoms with Gasteiger partial charge in [0, 0.05) is 12.4 Å². The van der Waals surface area contributed by atoms with E-state index in [0.29, 0.717) is 0 Å². The van der Waals surface area contributed by atoms with Gasteiger partial charge < -0.3 is 0 Å². The molecule has 0 fully saturated rings. The molecule has 0 N–H and O–H groups in total. The maximum atomic E-state index is 4.72. The second-order valence-corrected chi connectivity index (χ2v) is 4.80. The summed E-state index contributed by atoms with van der Waals surface area (Å²) in [7, 11) is 0. The zero-order valence-corrected chi connectivity index (χ0v) is 11.5. The molecule has 0 aliphatic carbocycles. The number of aryl methyl sites for hydroxylation is 2. The Balaban J connectivity index is 2.09. The van der Waals surface area contributed by atoms with E-state index in [1.165, 1.54) is 0 Å². The van der Waals surface area contributed by atoms with Crippen molar-refractivity contribution < 1.29 is 0 Å². The van der Waals surface area contributed by atoms with Crippen molar-refractivity contribution in [2.75, 3.05) is 0 Å². The van der Waals surface area contributed by atoms with Gasteiger partial charge in [-0.25, -0.2) is 4.98 Å². The molecule has 20 heavy (non-hydrogen) atoms. The Morgan fingerprint density at radius 2 is 1.60 bits per heavy atom. The fourth-order valence-corrected chi connectivity index (χ4v) is 2.05. The van der Waals surface area contributed by atoms with Crippen LogP contribution >= 0.6 is 0 Å². The van der Waals surface area contributed by atoms with E-state index in [9.17, 15) is 0 Å². The summed E-state index contributed by atoms with van der Waals surface area (Å²) in [5, 5.41) is 0. The van der Waals surface area contributed by atoms with Crippen molar-refractivity contribution in [2.45, 2.75) is 13.8 Å². The van der Waals surface area contributed by atoms with Gasteiger partial charge in [0.05, 0.1) is 22.8 Å². The smallest absolute Gasteiger partial charge is 0.0923 e. The Labute approximate surface area is 118 Å². The van der Waals surface area contributed by atoms with E-state index in [-0.39, 0.29) is 0 Å². The highest BCUT2D eigenvalue weighted by molar-refractivity contribution is 5.64. The standard InChI is InChI=1S/C17H15N3/c1-12-6-8-14(19-11-12)15-9-7-13(2)17(20-15)16-5-3-4-10-18-16/h3-11H,1-2H3. The van der Waals surface area contributed by atoms with Crippen LogP contribution in [0.1, 0.15) is 11.1 Å². The molecule has 0 saturated heterocycles. The number of rotatable bonds is 2. The molecular formula is C17H15N3. The van der Waals surface area contributed by atoms with Crippen molar-refractivity contribution >= 4 is 0 Å². The normalized spacial score (nSPS) is 10.5. The minimum absolute atomic E-state index is 0.872. The summed E-state index contributed by atoms with van der Waals surface area (Å²) in [5.74, 6) is 0. The highest BCUT2D eigenvalue weighted by atomic mass is 14.8. The molecule has 98 valence electrons. The highest BCUT2D eigenvalue weighted by Crippen LogP contribution is 2.23. The predicted molar refractivity (Wildman–Crippen MR) is 80.2 cm³/mol.